The van der Waals surface area contributed by atoms with E-state index < -0.39 is 5.97 Å². The van der Waals surface area contributed by atoms with Crippen LogP contribution in [-0.2, 0) is 9.47 Å². The first-order valence-electron chi connectivity index (χ1n) is 5.29. The second-order valence-corrected chi connectivity index (χ2v) is 4.00. The van der Waals surface area contributed by atoms with Crippen LogP contribution in [-0.4, -0.2) is 44.4 Å². The van der Waals surface area contributed by atoms with E-state index in [0.717, 1.165) is 18.8 Å². The number of esters is 1. The van der Waals surface area contributed by atoms with Crippen LogP contribution >= 0.6 is 11.6 Å². The molecule has 0 bridgehead atoms. The van der Waals surface area contributed by atoms with E-state index in [1.165, 1.54) is 13.3 Å². The summed E-state index contributed by atoms with van der Waals surface area (Å²) in [5.74, 6) is -0.407. The lowest BCUT2D eigenvalue weighted by atomic mass is 10.2. The Morgan fingerprint density at radius 3 is 2.88 bits per heavy atom. The van der Waals surface area contributed by atoms with Crippen LogP contribution in [0.5, 0.6) is 0 Å². The number of hydrogen-bond acceptors (Lipinski definition) is 5. The molecular weight excluding hydrogens is 244 g/mol. The highest BCUT2D eigenvalue weighted by Crippen LogP contribution is 2.24. The third-order valence-corrected chi connectivity index (χ3v) is 2.81. The summed E-state index contributed by atoms with van der Waals surface area (Å²) < 4.78 is 10.00. The SMILES string of the molecule is COC(=O)c1cnc(Cl)cc1N1CCOCC1. The molecule has 1 fully saturated rings. The Morgan fingerprint density at radius 2 is 2.24 bits per heavy atom. The summed E-state index contributed by atoms with van der Waals surface area (Å²) in [6.45, 7) is 2.73. The van der Waals surface area contributed by atoms with Crippen molar-refractivity contribution in [3.05, 3.63) is 23.0 Å². The molecule has 0 aromatic carbocycles. The number of morpholine rings is 1. The molecule has 1 saturated heterocycles. The van der Waals surface area contributed by atoms with Crippen LogP contribution in [0.25, 0.3) is 0 Å². The van der Waals surface area contributed by atoms with Crippen LogP contribution in [0, 0.1) is 0 Å². The summed E-state index contributed by atoms with van der Waals surface area (Å²) in [4.78, 5) is 17.6. The molecule has 17 heavy (non-hydrogen) atoms. The molecule has 2 heterocycles. The first kappa shape index (κ1) is 12.1. The minimum Gasteiger partial charge on any atom is -0.465 e. The van der Waals surface area contributed by atoms with Gasteiger partial charge in [0.25, 0.3) is 0 Å². The molecule has 0 aliphatic carbocycles. The smallest absolute Gasteiger partial charge is 0.341 e. The topological polar surface area (TPSA) is 51.7 Å². The van der Waals surface area contributed by atoms with Crippen molar-refractivity contribution in [2.24, 2.45) is 0 Å². The van der Waals surface area contributed by atoms with E-state index in [-0.39, 0.29) is 0 Å². The normalized spacial score (nSPS) is 15.8. The summed E-state index contributed by atoms with van der Waals surface area (Å²) in [6, 6.07) is 1.68. The molecule has 0 spiro atoms. The molecule has 1 aliphatic heterocycles. The maximum atomic E-state index is 11.6. The third-order valence-electron chi connectivity index (χ3n) is 2.61. The van der Waals surface area contributed by atoms with E-state index in [4.69, 9.17) is 21.1 Å². The van der Waals surface area contributed by atoms with Gasteiger partial charge in [0.15, 0.2) is 0 Å². The minimum absolute atomic E-state index is 0.360. The average Bonchev–Trinajstić information content (AvgIpc) is 2.39. The van der Waals surface area contributed by atoms with E-state index in [9.17, 15) is 4.79 Å². The highest BCUT2D eigenvalue weighted by atomic mass is 35.5. The van der Waals surface area contributed by atoms with Crippen molar-refractivity contribution in [1.29, 1.82) is 0 Å². The number of halogens is 1. The predicted molar refractivity (Wildman–Crippen MR) is 63.6 cm³/mol. The fourth-order valence-electron chi connectivity index (χ4n) is 1.75. The predicted octanol–water partition coefficient (Wildman–Crippen LogP) is 1.36. The Kier molecular flexibility index (Phi) is 3.81. The van der Waals surface area contributed by atoms with Crippen molar-refractivity contribution < 1.29 is 14.3 Å². The number of aromatic nitrogens is 1. The number of nitrogens with zero attached hydrogens (tertiary/aromatic N) is 2. The summed E-state index contributed by atoms with van der Waals surface area (Å²) >= 11 is 5.86. The van der Waals surface area contributed by atoms with Gasteiger partial charge in [-0.15, -0.1) is 0 Å². The van der Waals surface area contributed by atoms with Gasteiger partial charge in [-0.05, 0) is 6.07 Å². The maximum Gasteiger partial charge on any atom is 0.341 e. The van der Waals surface area contributed by atoms with Gasteiger partial charge in [-0.1, -0.05) is 11.6 Å². The molecule has 6 heteroatoms. The molecule has 92 valence electrons. The molecule has 2 rings (SSSR count). The van der Waals surface area contributed by atoms with Crippen molar-refractivity contribution in [3.8, 4) is 0 Å². The Labute approximate surface area is 104 Å². The van der Waals surface area contributed by atoms with Crippen molar-refractivity contribution in [1.82, 2.24) is 4.98 Å². The van der Waals surface area contributed by atoms with Gasteiger partial charge in [-0.3, -0.25) is 0 Å². The summed E-state index contributed by atoms with van der Waals surface area (Å²) in [7, 11) is 1.35. The number of carbonyl (C=O) groups is 1. The lowest BCUT2D eigenvalue weighted by molar-refractivity contribution is 0.0600. The van der Waals surface area contributed by atoms with Gasteiger partial charge in [-0.2, -0.15) is 0 Å². The summed E-state index contributed by atoms with van der Waals surface area (Å²) in [5, 5.41) is 0.360. The lowest BCUT2D eigenvalue weighted by Gasteiger charge is -2.29. The van der Waals surface area contributed by atoms with Gasteiger partial charge < -0.3 is 14.4 Å². The number of pyridine rings is 1. The fourth-order valence-corrected chi connectivity index (χ4v) is 1.91. The average molecular weight is 257 g/mol. The fraction of sp³-hybridized carbons (Fsp3) is 0.455. The molecule has 0 atom stereocenters. The molecule has 0 saturated carbocycles. The van der Waals surface area contributed by atoms with Gasteiger partial charge in [0.1, 0.15) is 10.7 Å². The van der Waals surface area contributed by atoms with E-state index in [1.807, 2.05) is 4.90 Å². The van der Waals surface area contributed by atoms with Crippen molar-refractivity contribution in [2.45, 2.75) is 0 Å². The first-order chi connectivity index (χ1) is 8.22. The van der Waals surface area contributed by atoms with Crippen LogP contribution in [0.2, 0.25) is 5.15 Å². The monoisotopic (exact) mass is 256 g/mol. The summed E-state index contributed by atoms with van der Waals surface area (Å²) in [5.41, 5.74) is 1.18. The molecule has 1 aromatic heterocycles. The van der Waals surface area contributed by atoms with Gasteiger partial charge in [0.05, 0.1) is 26.0 Å². The number of rotatable bonds is 2. The number of anilines is 1. The summed E-state index contributed by atoms with van der Waals surface area (Å²) in [6.07, 6.45) is 1.44. The molecule has 5 nitrogen and oxygen atoms in total. The Hall–Kier alpha value is -1.33. The van der Waals surface area contributed by atoms with Crippen molar-refractivity contribution in [3.63, 3.8) is 0 Å². The Bertz CT molecular complexity index is 419. The van der Waals surface area contributed by atoms with Gasteiger partial charge >= 0.3 is 5.97 Å². The van der Waals surface area contributed by atoms with Crippen molar-refractivity contribution >= 4 is 23.3 Å². The number of carbonyl (C=O) groups excluding carboxylic acids is 1. The molecule has 0 amide bonds. The lowest BCUT2D eigenvalue weighted by Crippen LogP contribution is -2.37. The number of ether oxygens (including phenoxy) is 2. The quantitative estimate of drug-likeness (QED) is 0.591. The van der Waals surface area contributed by atoms with Gasteiger partial charge in [-0.25, -0.2) is 9.78 Å². The molecule has 0 N–H and O–H groups in total. The third kappa shape index (κ3) is 2.68. The second-order valence-electron chi connectivity index (χ2n) is 3.62. The van der Waals surface area contributed by atoms with Crippen LogP contribution < -0.4 is 4.90 Å². The highest BCUT2D eigenvalue weighted by molar-refractivity contribution is 6.29. The maximum absolute atomic E-state index is 11.6. The Morgan fingerprint density at radius 1 is 1.53 bits per heavy atom. The van der Waals surface area contributed by atoms with Crippen LogP contribution in [0.4, 0.5) is 5.69 Å². The first-order valence-corrected chi connectivity index (χ1v) is 5.66. The zero-order valence-electron chi connectivity index (χ0n) is 9.48. The van der Waals surface area contributed by atoms with Crippen LogP contribution in [0.15, 0.2) is 12.3 Å². The minimum atomic E-state index is -0.407. The zero-order chi connectivity index (χ0) is 12.3. The molecule has 0 radical (unpaired) electrons. The molecule has 1 aliphatic rings. The van der Waals surface area contributed by atoms with Crippen molar-refractivity contribution in [2.75, 3.05) is 38.3 Å². The largest absolute Gasteiger partial charge is 0.465 e. The van der Waals surface area contributed by atoms with E-state index >= 15 is 0 Å². The number of methoxy groups -OCH3 is 1. The Balaban J connectivity index is 2.35. The van der Waals surface area contributed by atoms with E-state index in [2.05, 4.69) is 4.98 Å². The highest BCUT2D eigenvalue weighted by Gasteiger charge is 2.20. The molecule has 1 aromatic rings. The molecule has 0 unspecified atom stereocenters. The number of hydrogen-bond donors (Lipinski definition) is 0. The standard InChI is InChI=1S/C11H13ClN2O3/c1-16-11(15)8-7-13-10(12)6-9(8)14-2-4-17-5-3-14/h6-7H,2-5H2,1H3. The molecular formula is C11H13ClN2O3. The zero-order valence-corrected chi connectivity index (χ0v) is 10.2. The second kappa shape index (κ2) is 5.33. The van der Waals surface area contributed by atoms with E-state index in [0.29, 0.717) is 23.9 Å². The van der Waals surface area contributed by atoms with E-state index in [1.54, 1.807) is 6.07 Å². The van der Waals surface area contributed by atoms with Gasteiger partial charge in [0.2, 0.25) is 0 Å². The van der Waals surface area contributed by atoms with Gasteiger partial charge in [0, 0.05) is 19.3 Å². The van der Waals surface area contributed by atoms with Crippen LogP contribution in [0.1, 0.15) is 10.4 Å². The van der Waals surface area contributed by atoms with Crippen LogP contribution in [0.3, 0.4) is 0 Å².